The third-order valence-corrected chi connectivity index (χ3v) is 3.34. The molecule has 4 N–H and O–H groups in total. The quantitative estimate of drug-likeness (QED) is 0.376. The molecule has 1 unspecified atom stereocenters. The van der Waals surface area contributed by atoms with Gasteiger partial charge < -0.3 is 20.9 Å². The highest BCUT2D eigenvalue weighted by Gasteiger charge is 2.09. The van der Waals surface area contributed by atoms with E-state index in [0.29, 0.717) is 12.5 Å². The first-order valence-corrected chi connectivity index (χ1v) is 7.09. The third kappa shape index (κ3) is 6.07. The van der Waals surface area contributed by atoms with Gasteiger partial charge in [-0.1, -0.05) is 30.3 Å². The van der Waals surface area contributed by atoms with Crippen molar-refractivity contribution in [3.8, 4) is 5.75 Å². The van der Waals surface area contributed by atoms with Crippen molar-refractivity contribution in [2.45, 2.75) is 5.92 Å². The highest BCUT2D eigenvalue weighted by molar-refractivity contribution is 14.0. The molecule has 5 nitrogen and oxygen atoms in total. The molecule has 2 aromatic rings. The molecule has 0 amide bonds. The Hall–Kier alpha value is -1.80. The zero-order chi connectivity index (χ0) is 15.8. The Bertz CT molecular complexity index is 603. The van der Waals surface area contributed by atoms with Gasteiger partial charge in [0.1, 0.15) is 5.75 Å². The number of guanidine groups is 1. The van der Waals surface area contributed by atoms with Crippen LogP contribution in [0.3, 0.4) is 0 Å². The summed E-state index contributed by atoms with van der Waals surface area (Å²) in [6.07, 6.45) is 0. The number of hydrogen-bond acceptors (Lipinski definition) is 3. The van der Waals surface area contributed by atoms with Gasteiger partial charge in [0.2, 0.25) is 0 Å². The lowest BCUT2D eigenvalue weighted by Crippen LogP contribution is -2.24. The lowest BCUT2D eigenvalue weighted by molar-refractivity contribution is 0.268. The van der Waals surface area contributed by atoms with Crippen LogP contribution in [-0.2, 0) is 0 Å². The molecular weight excluding hydrogens is 405 g/mol. The molecule has 23 heavy (non-hydrogen) atoms. The number of ether oxygens (including phenoxy) is 1. The molecule has 1 atom stereocenters. The molecule has 0 aliphatic rings. The lowest BCUT2D eigenvalue weighted by atomic mass is 10.0. The number of aliphatic imine (C=N–C) groups is 1. The molecule has 0 heterocycles. The maximum atomic E-state index is 9.50. The topological polar surface area (TPSA) is 79.9 Å². The van der Waals surface area contributed by atoms with Gasteiger partial charge in [0.15, 0.2) is 5.96 Å². The average Bonchev–Trinajstić information content (AvgIpc) is 2.57. The molecule has 0 spiro atoms. The number of nitrogens with two attached hydrogens (primary N) is 1. The van der Waals surface area contributed by atoms with Crippen molar-refractivity contribution in [3.63, 3.8) is 0 Å². The predicted molar refractivity (Wildman–Crippen MR) is 105 cm³/mol. The van der Waals surface area contributed by atoms with Crippen LogP contribution in [0.1, 0.15) is 11.5 Å². The number of halogens is 1. The first-order valence-electron chi connectivity index (χ1n) is 7.09. The van der Waals surface area contributed by atoms with E-state index >= 15 is 0 Å². The number of benzene rings is 2. The summed E-state index contributed by atoms with van der Waals surface area (Å²) in [6.45, 7) is 0.457. The Morgan fingerprint density at radius 1 is 1.17 bits per heavy atom. The fourth-order valence-corrected chi connectivity index (χ4v) is 2.06. The fourth-order valence-electron chi connectivity index (χ4n) is 2.06. The number of aliphatic hydroxyl groups is 1. The van der Waals surface area contributed by atoms with Crippen LogP contribution in [0.2, 0.25) is 0 Å². The first kappa shape index (κ1) is 19.2. The molecule has 0 aliphatic heterocycles. The van der Waals surface area contributed by atoms with Crippen LogP contribution in [0.4, 0.5) is 5.69 Å². The molecule has 0 saturated carbocycles. The van der Waals surface area contributed by atoms with Crippen LogP contribution in [-0.4, -0.2) is 31.3 Å². The Labute approximate surface area is 153 Å². The van der Waals surface area contributed by atoms with Crippen LogP contribution in [0.25, 0.3) is 0 Å². The van der Waals surface area contributed by atoms with Gasteiger partial charge in [-0.3, -0.25) is 4.99 Å². The van der Waals surface area contributed by atoms with Gasteiger partial charge >= 0.3 is 0 Å². The average molecular weight is 427 g/mol. The van der Waals surface area contributed by atoms with E-state index in [0.717, 1.165) is 17.0 Å². The summed E-state index contributed by atoms with van der Waals surface area (Å²) in [7, 11) is 1.62. The Morgan fingerprint density at radius 3 is 2.39 bits per heavy atom. The van der Waals surface area contributed by atoms with Crippen LogP contribution in [0.5, 0.6) is 5.75 Å². The standard InChI is InChI=1S/C17H21N3O2.HI/c1-22-16-9-7-15(8-10-16)20-17(18)19-11-14(12-21)13-5-3-2-4-6-13;/h2-10,14,21H,11-12H2,1H3,(H3,18,19,20);1H. The zero-order valence-corrected chi connectivity index (χ0v) is 15.3. The largest absolute Gasteiger partial charge is 0.497 e. The SMILES string of the molecule is COc1ccc(NC(N)=NCC(CO)c2ccccc2)cc1.I. The summed E-state index contributed by atoms with van der Waals surface area (Å²) < 4.78 is 5.10. The number of anilines is 1. The minimum atomic E-state index is -0.0579. The second-order valence-corrected chi connectivity index (χ2v) is 4.87. The number of methoxy groups -OCH3 is 1. The molecule has 0 radical (unpaired) electrons. The monoisotopic (exact) mass is 427 g/mol. The van der Waals surface area contributed by atoms with E-state index in [1.54, 1.807) is 7.11 Å². The van der Waals surface area contributed by atoms with Crippen molar-refractivity contribution in [1.29, 1.82) is 0 Å². The summed E-state index contributed by atoms with van der Waals surface area (Å²) in [6, 6.07) is 17.2. The molecule has 124 valence electrons. The fraction of sp³-hybridized carbons (Fsp3) is 0.235. The summed E-state index contributed by atoms with van der Waals surface area (Å²) in [5.41, 5.74) is 7.77. The second kappa shape index (κ2) is 10.1. The summed E-state index contributed by atoms with van der Waals surface area (Å²) in [5, 5.41) is 12.5. The van der Waals surface area contributed by atoms with Crippen molar-refractivity contribution >= 4 is 35.6 Å². The second-order valence-electron chi connectivity index (χ2n) is 4.87. The minimum Gasteiger partial charge on any atom is -0.497 e. The molecular formula is C17H22IN3O2. The van der Waals surface area contributed by atoms with Crippen molar-refractivity contribution in [2.24, 2.45) is 10.7 Å². The van der Waals surface area contributed by atoms with Gasteiger partial charge in [0.25, 0.3) is 0 Å². The first-order chi connectivity index (χ1) is 10.7. The van der Waals surface area contributed by atoms with Crippen LogP contribution in [0, 0.1) is 0 Å². The van der Waals surface area contributed by atoms with Crippen molar-refractivity contribution < 1.29 is 9.84 Å². The smallest absolute Gasteiger partial charge is 0.193 e. The lowest BCUT2D eigenvalue weighted by Gasteiger charge is -2.13. The van der Waals surface area contributed by atoms with E-state index in [1.165, 1.54) is 0 Å². The van der Waals surface area contributed by atoms with E-state index in [9.17, 15) is 5.11 Å². The van der Waals surface area contributed by atoms with Crippen LogP contribution < -0.4 is 15.8 Å². The Balaban J connectivity index is 0.00000264. The predicted octanol–water partition coefficient (Wildman–Crippen LogP) is 2.82. The highest BCUT2D eigenvalue weighted by Crippen LogP contribution is 2.16. The van der Waals surface area contributed by atoms with E-state index in [2.05, 4.69) is 10.3 Å². The molecule has 6 heteroatoms. The third-order valence-electron chi connectivity index (χ3n) is 3.34. The van der Waals surface area contributed by atoms with E-state index in [4.69, 9.17) is 10.5 Å². The van der Waals surface area contributed by atoms with Gasteiger partial charge in [-0.2, -0.15) is 0 Å². The van der Waals surface area contributed by atoms with Crippen LogP contribution >= 0.6 is 24.0 Å². The van der Waals surface area contributed by atoms with Gasteiger partial charge in [0, 0.05) is 11.6 Å². The normalized spacial score (nSPS) is 12.2. The maximum absolute atomic E-state index is 9.50. The maximum Gasteiger partial charge on any atom is 0.193 e. The van der Waals surface area contributed by atoms with Gasteiger partial charge in [-0.05, 0) is 29.8 Å². The molecule has 2 aromatic carbocycles. The summed E-state index contributed by atoms with van der Waals surface area (Å²) >= 11 is 0. The number of rotatable bonds is 6. The van der Waals surface area contributed by atoms with Crippen molar-refractivity contribution in [3.05, 3.63) is 60.2 Å². The molecule has 0 fully saturated rings. The minimum absolute atomic E-state index is 0. The van der Waals surface area contributed by atoms with Gasteiger partial charge in [-0.25, -0.2) is 0 Å². The molecule has 0 saturated heterocycles. The molecule has 0 aromatic heterocycles. The number of nitrogens with zero attached hydrogens (tertiary/aromatic N) is 1. The zero-order valence-electron chi connectivity index (χ0n) is 13.0. The van der Waals surface area contributed by atoms with Gasteiger partial charge in [-0.15, -0.1) is 24.0 Å². The highest BCUT2D eigenvalue weighted by atomic mass is 127. The Kier molecular flexibility index (Phi) is 8.42. The van der Waals surface area contributed by atoms with Crippen molar-refractivity contribution in [2.75, 3.05) is 25.6 Å². The number of aliphatic hydroxyl groups excluding tert-OH is 1. The molecule has 2 rings (SSSR count). The van der Waals surface area contributed by atoms with E-state index < -0.39 is 0 Å². The van der Waals surface area contributed by atoms with E-state index in [-0.39, 0.29) is 36.5 Å². The van der Waals surface area contributed by atoms with E-state index in [1.807, 2.05) is 54.6 Å². The molecule has 0 aliphatic carbocycles. The van der Waals surface area contributed by atoms with Gasteiger partial charge in [0.05, 0.1) is 20.3 Å². The van der Waals surface area contributed by atoms with Crippen molar-refractivity contribution in [1.82, 2.24) is 0 Å². The number of nitrogens with one attached hydrogen (secondary N) is 1. The Morgan fingerprint density at radius 2 is 1.83 bits per heavy atom. The number of hydrogen-bond donors (Lipinski definition) is 3. The molecule has 0 bridgehead atoms. The summed E-state index contributed by atoms with van der Waals surface area (Å²) in [4.78, 5) is 4.30. The summed E-state index contributed by atoms with van der Waals surface area (Å²) in [5.74, 6) is 1.04. The van der Waals surface area contributed by atoms with Crippen LogP contribution in [0.15, 0.2) is 59.6 Å².